The molecule has 0 saturated heterocycles. The van der Waals surface area contributed by atoms with E-state index in [2.05, 4.69) is 590 Å². The molecule has 3 unspecified atom stereocenters. The second kappa shape index (κ2) is 40.2. The lowest BCUT2D eigenvalue weighted by Crippen LogP contribution is -2.37. The number of benzene rings is 12. The van der Waals surface area contributed by atoms with E-state index in [4.69, 9.17) is 0 Å². The van der Waals surface area contributed by atoms with E-state index < -0.39 is 0 Å². The van der Waals surface area contributed by atoms with E-state index in [-0.39, 0.29) is 18.5 Å². The Morgan fingerprint density at radius 2 is 0.520 bits per heavy atom. The molecule has 150 heavy (non-hydrogen) atoms. The molecule has 15 heteroatoms. The predicted molar refractivity (Wildman–Crippen MR) is 614 cm³/mol. The lowest BCUT2D eigenvalue weighted by molar-refractivity contribution is -0.751. The molecule has 7 aromatic heterocycles. The minimum Gasteiger partial charge on any atom is -0.308 e. The summed E-state index contributed by atoms with van der Waals surface area (Å²) in [6.07, 6.45) is 29.5. The van der Waals surface area contributed by atoms with Crippen molar-refractivity contribution in [3.05, 3.63) is 454 Å². The molecule has 0 N–H and O–H groups in total. The van der Waals surface area contributed by atoms with Crippen molar-refractivity contribution in [3.63, 3.8) is 0 Å². The molecule has 0 amide bonds. The fourth-order valence-corrected chi connectivity index (χ4v) is 24.7. The molecule has 15 heterocycles. The standard InChI is InChI=1S/C32H33N3.C30H30N3.C26H29N3.C24H26N3.C23H23N3/c1-22(2)28-19-26(24-11-7-5-8-12-24)20-29(23(3)4)31(28)35-16-15-25-21-33-17-18-34(32(33)30(25)35)27-13-9-6-10-14-27;1-20(2)25-17-23(22-11-6-5-7-12-22)18-26(21(3)4)29(25)33-28-14-9-8-13-24(28)27-19-31-15-10-16-32(31)30(27)33;1-18(2)22-11-8-12-23(19(3)4)25(22)29-14-13-20-17-27-15-16-28(26(27)24(20)29)21-9-6-5-7-10-21;1-16(2)18-10-7-11-19(17(3)4)23(18)27-22-12-6-5-9-20(22)21-15-25-13-8-14-26(25)24(21)27;1-17(2)20-10-6-7-11-21(20)26-13-12-18-16-24-14-15-25(23(24)22(18)26)19-8-4-3-5-9-19/h5-20,22-23,32H,21H2,1-4H3;5-18,20-21H,19H2,1-4H3;5-16,18-19,26H,17H2,1-4H3;5-14,16-17H,15H2,1-4H3;3-15,17,23H,16H2,1-2H3/q+2;+1;+2;+1;+2. The van der Waals surface area contributed by atoms with Gasteiger partial charge in [0.15, 0.2) is 60.7 Å². The minimum atomic E-state index is 0.177. The number of rotatable bonds is 19. The van der Waals surface area contributed by atoms with E-state index in [0.717, 1.165) is 32.7 Å². The van der Waals surface area contributed by atoms with Crippen molar-refractivity contribution >= 4 is 76.2 Å². The van der Waals surface area contributed by atoms with Crippen LogP contribution in [0.4, 0.5) is 17.1 Å². The average Bonchev–Trinajstić information content (AvgIpc) is 1.55. The highest BCUT2D eigenvalue weighted by Gasteiger charge is 2.53. The number of nitrogens with zero attached hydrogens (tertiary/aromatic N) is 15. The van der Waals surface area contributed by atoms with E-state index in [1.54, 1.807) is 0 Å². The summed E-state index contributed by atoms with van der Waals surface area (Å²) in [5.74, 6) is 6.57. The molecule has 0 saturated carbocycles. The summed E-state index contributed by atoms with van der Waals surface area (Å²) in [4.78, 5) is 0. The third-order valence-corrected chi connectivity index (χ3v) is 32.0. The molecule has 0 aliphatic carbocycles. The Hall–Kier alpha value is -16.0. The first-order valence-corrected chi connectivity index (χ1v) is 54.6. The summed E-state index contributed by atoms with van der Waals surface area (Å²) >= 11 is 0. The van der Waals surface area contributed by atoms with E-state index in [9.17, 15) is 0 Å². The smallest absolute Gasteiger partial charge is 0.308 e. The summed E-state index contributed by atoms with van der Waals surface area (Å²) in [5.41, 5.74) is 42.1. The van der Waals surface area contributed by atoms with Gasteiger partial charge in [-0.2, -0.15) is 13.7 Å². The number of hydrogen-bond donors (Lipinski definition) is 0. The van der Waals surface area contributed by atoms with Crippen LogP contribution < -0.4 is 9.36 Å². The van der Waals surface area contributed by atoms with Gasteiger partial charge in [-0.05, 0) is 186 Å². The zero-order chi connectivity index (χ0) is 103. The summed E-state index contributed by atoms with van der Waals surface area (Å²) < 4.78 is 36.1. The van der Waals surface area contributed by atoms with Crippen molar-refractivity contribution in [1.82, 2.24) is 32.2 Å². The summed E-state index contributed by atoms with van der Waals surface area (Å²) in [6.45, 7) is 46.2. The molecule has 0 fully saturated rings. The van der Waals surface area contributed by atoms with Crippen LogP contribution in [-0.2, 0) is 32.7 Å². The molecule has 0 bridgehead atoms. The zero-order valence-electron chi connectivity index (χ0n) is 90.2. The minimum absolute atomic E-state index is 0.177. The van der Waals surface area contributed by atoms with Crippen LogP contribution in [0.5, 0.6) is 0 Å². The highest BCUT2D eigenvalue weighted by atomic mass is 15.5. The van der Waals surface area contributed by atoms with Gasteiger partial charge in [-0.25, -0.2) is 0 Å². The first kappa shape index (κ1) is 97.4. The van der Waals surface area contributed by atoms with Gasteiger partial charge in [-0.3, -0.25) is 9.13 Å². The lowest BCUT2D eigenvalue weighted by Gasteiger charge is -2.24. The van der Waals surface area contributed by atoms with Crippen LogP contribution in [0.25, 0.3) is 84.1 Å². The Labute approximate surface area is 884 Å². The molecule has 0 spiro atoms. The van der Waals surface area contributed by atoms with Gasteiger partial charge in [0.05, 0.1) is 74.0 Å². The Bertz CT molecular complexity index is 8450. The van der Waals surface area contributed by atoms with E-state index >= 15 is 0 Å². The number of aromatic nitrogens is 9. The maximum atomic E-state index is 2.54. The third kappa shape index (κ3) is 17.2. The van der Waals surface area contributed by atoms with Crippen LogP contribution >= 0.6 is 0 Å². The first-order chi connectivity index (χ1) is 72.9. The number of fused-ring (bicyclic) bond motifs is 19. The second-order valence-corrected chi connectivity index (χ2v) is 44.5. The van der Waals surface area contributed by atoms with E-state index in [1.807, 2.05) is 0 Å². The van der Waals surface area contributed by atoms with Crippen LogP contribution in [0.1, 0.15) is 291 Å². The van der Waals surface area contributed by atoms with Gasteiger partial charge < -0.3 is 13.7 Å². The highest BCUT2D eigenvalue weighted by Crippen LogP contribution is 2.50. The number of para-hydroxylation sites is 8. The molecular formula is C135H141N15+8. The SMILES string of the molecule is CC(C)c1cc(-c2ccccc2)cc(C(C)C)c1-n1c2c(c3ccccc31)C[n+]1cccn1-2.CC(C)c1cc(-c2ccccc2)cc(C(C)C)c1-n1ccc2c1C1[N+](=CC=[N+]1c1ccccc1)C2.CC(C)c1cccc(C(C)C)c1-n1c2c(c3ccccc31)C[n+]1cccn1-2.CC(C)c1cccc(C(C)C)c1-n1ccc2c1C1[N+](=CC=[N+]1c1ccccc1)C2.CC(C)c1ccccc1-n1ccc2c1C1[N+](=CC=[N+]1c1ccccc1)C2. The van der Waals surface area contributed by atoms with Crippen LogP contribution in [0.3, 0.4) is 0 Å². The molecule has 19 aromatic rings. The van der Waals surface area contributed by atoms with Gasteiger partial charge in [-0.1, -0.05) is 331 Å². The summed E-state index contributed by atoms with van der Waals surface area (Å²) in [7, 11) is 0. The molecule has 8 aliphatic heterocycles. The molecule has 8 aliphatic rings. The van der Waals surface area contributed by atoms with Crippen LogP contribution in [0.2, 0.25) is 0 Å². The molecular weight excluding hydrogens is 1830 g/mol. The van der Waals surface area contributed by atoms with Crippen LogP contribution in [0.15, 0.2) is 359 Å². The van der Waals surface area contributed by atoms with Crippen molar-refractivity contribution in [2.45, 2.75) is 229 Å². The fraction of sp³-hybridized carbons (Fsp3) is 0.259. The number of hydrogen-bond acceptors (Lipinski definition) is 0. The van der Waals surface area contributed by atoms with Crippen molar-refractivity contribution in [2.24, 2.45) is 0 Å². The maximum absolute atomic E-state index is 2.54. The Kier molecular flexibility index (Phi) is 26.1. The Morgan fingerprint density at radius 3 is 0.880 bits per heavy atom. The zero-order valence-corrected chi connectivity index (χ0v) is 90.2. The van der Waals surface area contributed by atoms with Gasteiger partial charge >= 0.3 is 18.5 Å². The van der Waals surface area contributed by atoms with Crippen molar-refractivity contribution < 1.29 is 36.8 Å². The van der Waals surface area contributed by atoms with Gasteiger partial charge in [-0.15, -0.1) is 32.5 Å². The molecule has 0 radical (unpaired) electrons. The molecule has 15 nitrogen and oxygen atoms in total. The molecule has 3 atom stereocenters. The fourth-order valence-electron chi connectivity index (χ4n) is 24.7. The summed E-state index contributed by atoms with van der Waals surface area (Å²) in [5, 5.41) is 2.71. The van der Waals surface area contributed by atoms with Gasteiger partial charge in [0, 0.05) is 83.6 Å². The van der Waals surface area contributed by atoms with Gasteiger partial charge in [0.1, 0.15) is 0 Å². The van der Waals surface area contributed by atoms with Crippen LogP contribution in [-0.4, -0.2) is 96.9 Å². The lowest BCUT2D eigenvalue weighted by atomic mass is 9.88. The quantitative estimate of drug-likeness (QED) is 0.0725. The molecule has 27 rings (SSSR count). The van der Waals surface area contributed by atoms with Gasteiger partial charge in [0.25, 0.3) is 0 Å². The normalized spacial score (nSPS) is 15.4. The Morgan fingerprint density at radius 1 is 0.233 bits per heavy atom. The monoisotopic (exact) mass is 1970 g/mol. The highest BCUT2D eigenvalue weighted by molar-refractivity contribution is 6.13. The second-order valence-electron chi connectivity index (χ2n) is 44.5. The first-order valence-electron chi connectivity index (χ1n) is 54.6. The topological polar surface area (TPSA) is 60.3 Å². The van der Waals surface area contributed by atoms with Crippen molar-refractivity contribution in [3.8, 4) is 62.3 Å². The van der Waals surface area contributed by atoms with E-state index in [1.165, 1.54) is 196 Å². The molecule has 748 valence electrons. The molecule has 12 aromatic carbocycles. The van der Waals surface area contributed by atoms with Crippen molar-refractivity contribution in [1.29, 1.82) is 0 Å². The van der Waals surface area contributed by atoms with Gasteiger partial charge in [0.2, 0.25) is 67.4 Å². The third-order valence-electron chi connectivity index (χ3n) is 32.0. The average molecular weight is 1970 g/mol. The Balaban J connectivity index is 0.000000103. The summed E-state index contributed by atoms with van der Waals surface area (Å²) in [6, 6.07) is 115. The van der Waals surface area contributed by atoms with Crippen molar-refractivity contribution in [2.75, 3.05) is 0 Å². The van der Waals surface area contributed by atoms with E-state index in [0.29, 0.717) is 53.3 Å². The maximum Gasteiger partial charge on any atom is 0.391 e. The van der Waals surface area contributed by atoms with Crippen LogP contribution in [0, 0.1) is 0 Å². The largest absolute Gasteiger partial charge is 0.391 e. The predicted octanol–water partition coefficient (Wildman–Crippen LogP) is 30.1.